The molecule has 1 atom stereocenters. The maximum atomic E-state index is 9.42. The molecule has 0 aromatic rings. The molecule has 1 saturated carbocycles. The number of aliphatic hydroxyl groups is 1. The van der Waals surface area contributed by atoms with E-state index in [4.69, 9.17) is 0 Å². The van der Waals surface area contributed by atoms with E-state index in [1.165, 1.54) is 51.6 Å². The lowest BCUT2D eigenvalue weighted by atomic mass is 9.77. The van der Waals surface area contributed by atoms with E-state index in [1.807, 2.05) is 0 Å². The third-order valence-electron chi connectivity index (χ3n) is 4.85. The minimum atomic E-state index is 0.239. The standard InChI is InChI=1S/C15H30N2O/c1-13(2)16-14(12-18)11-17-9-7-15(8-10-17)5-3-4-6-15/h13-14,16,18H,3-12H2,1-2H3. The summed E-state index contributed by atoms with van der Waals surface area (Å²) in [4.78, 5) is 2.54. The minimum absolute atomic E-state index is 0.239. The van der Waals surface area contributed by atoms with Crippen LogP contribution in [0.4, 0.5) is 0 Å². The fourth-order valence-corrected chi connectivity index (χ4v) is 3.78. The van der Waals surface area contributed by atoms with Crippen molar-refractivity contribution in [3.8, 4) is 0 Å². The van der Waals surface area contributed by atoms with Crippen molar-refractivity contribution in [2.45, 2.75) is 64.5 Å². The predicted octanol–water partition coefficient (Wildman–Crippen LogP) is 2.00. The zero-order valence-corrected chi connectivity index (χ0v) is 12.1. The Morgan fingerprint density at radius 3 is 2.22 bits per heavy atom. The first-order valence-corrected chi connectivity index (χ1v) is 7.73. The van der Waals surface area contributed by atoms with Crippen LogP contribution in [0.25, 0.3) is 0 Å². The maximum absolute atomic E-state index is 9.42. The third kappa shape index (κ3) is 3.69. The Bertz CT molecular complexity index is 239. The summed E-state index contributed by atoms with van der Waals surface area (Å²) >= 11 is 0. The average molecular weight is 254 g/mol. The van der Waals surface area contributed by atoms with E-state index >= 15 is 0 Å². The van der Waals surface area contributed by atoms with Crippen LogP contribution in [0, 0.1) is 5.41 Å². The lowest BCUT2D eigenvalue weighted by Crippen LogP contribution is -2.49. The number of hydrogen-bond acceptors (Lipinski definition) is 3. The van der Waals surface area contributed by atoms with Crippen LogP contribution in [-0.4, -0.2) is 48.3 Å². The topological polar surface area (TPSA) is 35.5 Å². The number of nitrogens with one attached hydrogen (secondary N) is 1. The largest absolute Gasteiger partial charge is 0.395 e. The van der Waals surface area contributed by atoms with E-state index < -0.39 is 0 Å². The number of rotatable bonds is 5. The highest BCUT2D eigenvalue weighted by molar-refractivity contribution is 4.90. The van der Waals surface area contributed by atoms with Gasteiger partial charge in [-0.1, -0.05) is 26.7 Å². The van der Waals surface area contributed by atoms with Crippen molar-refractivity contribution in [2.75, 3.05) is 26.2 Å². The summed E-state index contributed by atoms with van der Waals surface area (Å²) in [7, 11) is 0. The van der Waals surface area contributed by atoms with Crippen LogP contribution in [0.2, 0.25) is 0 Å². The van der Waals surface area contributed by atoms with Crippen LogP contribution in [-0.2, 0) is 0 Å². The van der Waals surface area contributed by atoms with Gasteiger partial charge in [-0.15, -0.1) is 0 Å². The van der Waals surface area contributed by atoms with Crippen LogP contribution < -0.4 is 5.32 Å². The summed E-state index contributed by atoms with van der Waals surface area (Å²) in [6, 6.07) is 0.691. The Morgan fingerprint density at radius 1 is 1.11 bits per heavy atom. The number of likely N-dealkylation sites (tertiary alicyclic amines) is 1. The molecule has 2 fully saturated rings. The van der Waals surface area contributed by atoms with Gasteiger partial charge in [-0.2, -0.15) is 0 Å². The van der Waals surface area contributed by atoms with Crippen molar-refractivity contribution in [2.24, 2.45) is 5.41 Å². The Balaban J connectivity index is 1.75. The summed E-state index contributed by atoms with van der Waals surface area (Å²) in [5, 5.41) is 12.9. The van der Waals surface area contributed by atoms with Gasteiger partial charge in [0.1, 0.15) is 0 Å². The first-order valence-electron chi connectivity index (χ1n) is 7.73. The molecule has 0 aromatic carbocycles. The first-order chi connectivity index (χ1) is 8.63. The van der Waals surface area contributed by atoms with E-state index in [9.17, 15) is 5.11 Å². The summed E-state index contributed by atoms with van der Waals surface area (Å²) < 4.78 is 0. The van der Waals surface area contributed by atoms with Crippen LogP contribution in [0.3, 0.4) is 0 Å². The lowest BCUT2D eigenvalue weighted by molar-refractivity contribution is 0.0895. The number of aliphatic hydroxyl groups excluding tert-OH is 1. The molecule has 0 amide bonds. The molecule has 106 valence electrons. The van der Waals surface area contributed by atoms with Crippen LogP contribution >= 0.6 is 0 Å². The van der Waals surface area contributed by atoms with Gasteiger partial charge in [-0.25, -0.2) is 0 Å². The van der Waals surface area contributed by atoms with E-state index in [0.717, 1.165) is 6.54 Å². The van der Waals surface area contributed by atoms with E-state index in [1.54, 1.807) is 0 Å². The molecular formula is C15H30N2O. The average Bonchev–Trinajstić information content (AvgIpc) is 2.79. The zero-order valence-electron chi connectivity index (χ0n) is 12.1. The molecule has 3 heteroatoms. The van der Waals surface area contributed by atoms with Crippen LogP contribution in [0.15, 0.2) is 0 Å². The van der Waals surface area contributed by atoms with Crippen molar-refractivity contribution in [3.63, 3.8) is 0 Å². The van der Waals surface area contributed by atoms with Gasteiger partial charge in [-0.3, -0.25) is 0 Å². The van der Waals surface area contributed by atoms with Crippen molar-refractivity contribution in [3.05, 3.63) is 0 Å². The summed E-state index contributed by atoms with van der Waals surface area (Å²) in [6.07, 6.45) is 8.60. The molecule has 2 rings (SSSR count). The van der Waals surface area contributed by atoms with Gasteiger partial charge in [0.25, 0.3) is 0 Å². The SMILES string of the molecule is CC(C)NC(CO)CN1CCC2(CCCC2)CC1. The third-order valence-corrected chi connectivity index (χ3v) is 4.85. The Morgan fingerprint density at radius 2 is 1.72 bits per heavy atom. The first kappa shape index (κ1) is 14.3. The predicted molar refractivity (Wildman–Crippen MR) is 75.7 cm³/mol. The molecule has 2 N–H and O–H groups in total. The molecule has 1 spiro atoms. The second-order valence-corrected chi connectivity index (χ2v) is 6.71. The van der Waals surface area contributed by atoms with E-state index in [0.29, 0.717) is 11.5 Å². The molecule has 18 heavy (non-hydrogen) atoms. The van der Waals surface area contributed by atoms with Gasteiger partial charge >= 0.3 is 0 Å². The highest BCUT2D eigenvalue weighted by Crippen LogP contribution is 2.45. The van der Waals surface area contributed by atoms with Gasteiger partial charge < -0.3 is 15.3 Å². The second kappa shape index (κ2) is 6.36. The van der Waals surface area contributed by atoms with Crippen LogP contribution in [0.1, 0.15) is 52.4 Å². The molecular weight excluding hydrogens is 224 g/mol. The smallest absolute Gasteiger partial charge is 0.0597 e. The van der Waals surface area contributed by atoms with Crippen molar-refractivity contribution in [1.82, 2.24) is 10.2 Å². The fourth-order valence-electron chi connectivity index (χ4n) is 3.78. The summed E-state index contributed by atoms with van der Waals surface area (Å²) in [5.74, 6) is 0. The van der Waals surface area contributed by atoms with Crippen molar-refractivity contribution >= 4 is 0 Å². The Labute approximate surface area is 112 Å². The monoisotopic (exact) mass is 254 g/mol. The molecule has 1 unspecified atom stereocenters. The lowest BCUT2D eigenvalue weighted by Gasteiger charge is -2.40. The number of nitrogens with zero attached hydrogens (tertiary/aromatic N) is 1. The minimum Gasteiger partial charge on any atom is -0.395 e. The van der Waals surface area contributed by atoms with E-state index in [-0.39, 0.29) is 12.6 Å². The normalized spacial score (nSPS) is 26.0. The molecule has 0 aromatic heterocycles. The maximum Gasteiger partial charge on any atom is 0.0597 e. The number of piperidine rings is 1. The molecule has 0 bridgehead atoms. The Hall–Kier alpha value is -0.120. The molecule has 1 aliphatic carbocycles. The molecule has 1 heterocycles. The highest BCUT2D eigenvalue weighted by atomic mass is 16.3. The van der Waals surface area contributed by atoms with Crippen molar-refractivity contribution < 1.29 is 5.11 Å². The van der Waals surface area contributed by atoms with Gasteiger partial charge in [0.2, 0.25) is 0 Å². The zero-order chi connectivity index (χ0) is 13.0. The van der Waals surface area contributed by atoms with Crippen LogP contribution in [0.5, 0.6) is 0 Å². The van der Waals surface area contributed by atoms with Gasteiger partial charge in [0, 0.05) is 18.6 Å². The molecule has 3 nitrogen and oxygen atoms in total. The van der Waals surface area contributed by atoms with Gasteiger partial charge in [0.15, 0.2) is 0 Å². The van der Waals surface area contributed by atoms with Gasteiger partial charge in [0.05, 0.1) is 6.61 Å². The second-order valence-electron chi connectivity index (χ2n) is 6.71. The summed E-state index contributed by atoms with van der Waals surface area (Å²) in [5.41, 5.74) is 0.705. The van der Waals surface area contributed by atoms with Gasteiger partial charge in [-0.05, 0) is 44.2 Å². The number of hydrogen-bond donors (Lipinski definition) is 2. The Kier molecular flexibility index (Phi) is 5.05. The molecule has 1 saturated heterocycles. The highest BCUT2D eigenvalue weighted by Gasteiger charge is 2.37. The van der Waals surface area contributed by atoms with E-state index in [2.05, 4.69) is 24.1 Å². The fraction of sp³-hybridized carbons (Fsp3) is 1.00. The molecule has 1 aliphatic heterocycles. The summed E-state index contributed by atoms with van der Waals surface area (Å²) in [6.45, 7) is 8.01. The molecule has 2 aliphatic rings. The molecule has 0 radical (unpaired) electrons. The van der Waals surface area contributed by atoms with Crippen molar-refractivity contribution in [1.29, 1.82) is 0 Å². The quantitative estimate of drug-likeness (QED) is 0.788.